The Balaban J connectivity index is 1.30. The van der Waals surface area contributed by atoms with Crippen molar-refractivity contribution >= 4 is 11.6 Å². The number of alkyl halides is 3. The van der Waals surface area contributed by atoms with Gasteiger partial charge in [0.1, 0.15) is 28.8 Å². The van der Waals surface area contributed by atoms with Crippen molar-refractivity contribution < 1.29 is 26.3 Å². The van der Waals surface area contributed by atoms with Crippen LogP contribution in [0.5, 0.6) is 0 Å². The summed E-state index contributed by atoms with van der Waals surface area (Å²) >= 11 is 4.76. The molecule has 0 aliphatic heterocycles. The van der Waals surface area contributed by atoms with E-state index in [9.17, 15) is 26.3 Å². The molecule has 0 saturated heterocycles. The quantitative estimate of drug-likeness (QED) is 0.160. The number of rotatable bonds is 9. The van der Waals surface area contributed by atoms with E-state index in [1.54, 1.807) is 0 Å². The molecular weight excluding hydrogens is 534 g/mol. The minimum Gasteiger partial charge on any atom is -0.206 e. The SMILES string of the molecule is C/C=C/CCC1CCC(C2CCC(CCc3cc(F)c(-c4cc(F)c(C(F)(F)Cl)c(F)c4)c(F)c3)CC2)CC1. The van der Waals surface area contributed by atoms with Crippen LogP contribution in [0.3, 0.4) is 0 Å². The molecule has 0 aromatic heterocycles. The minimum atomic E-state index is -4.28. The summed E-state index contributed by atoms with van der Waals surface area (Å²) in [6.45, 7) is 2.07. The lowest BCUT2D eigenvalue weighted by molar-refractivity contribution is 0.0859. The molecule has 0 unspecified atom stereocenters. The van der Waals surface area contributed by atoms with E-state index in [1.165, 1.54) is 63.5 Å². The highest BCUT2D eigenvalue weighted by Crippen LogP contribution is 2.43. The molecule has 0 amide bonds. The van der Waals surface area contributed by atoms with Crippen LogP contribution in [0.15, 0.2) is 36.4 Å². The molecule has 214 valence electrons. The van der Waals surface area contributed by atoms with Gasteiger partial charge in [0.2, 0.25) is 0 Å². The predicted molar refractivity (Wildman–Crippen MR) is 145 cm³/mol. The molecule has 0 bridgehead atoms. The summed E-state index contributed by atoms with van der Waals surface area (Å²) in [7, 11) is 0. The zero-order valence-corrected chi connectivity index (χ0v) is 23.2. The molecule has 2 aromatic rings. The normalized spacial score (nSPS) is 24.4. The minimum absolute atomic E-state index is 0.469. The summed E-state index contributed by atoms with van der Waals surface area (Å²) in [5, 5.41) is -4.28. The van der Waals surface area contributed by atoms with Crippen molar-refractivity contribution in [2.45, 2.75) is 89.4 Å². The third-order valence-electron chi connectivity index (χ3n) is 8.98. The highest BCUT2D eigenvalue weighted by molar-refractivity contribution is 6.21. The Hall–Kier alpha value is -1.95. The molecule has 2 aromatic carbocycles. The molecule has 0 nitrogen and oxygen atoms in total. The van der Waals surface area contributed by atoms with Gasteiger partial charge >= 0.3 is 5.38 Å². The zero-order valence-electron chi connectivity index (χ0n) is 22.4. The van der Waals surface area contributed by atoms with Crippen molar-refractivity contribution in [1.82, 2.24) is 0 Å². The highest BCUT2D eigenvalue weighted by atomic mass is 35.5. The van der Waals surface area contributed by atoms with E-state index >= 15 is 0 Å². The number of benzene rings is 2. The van der Waals surface area contributed by atoms with Crippen molar-refractivity contribution in [1.29, 1.82) is 0 Å². The van der Waals surface area contributed by atoms with Gasteiger partial charge in [-0.2, -0.15) is 8.78 Å². The van der Waals surface area contributed by atoms with Crippen LogP contribution in [0.2, 0.25) is 0 Å². The van der Waals surface area contributed by atoms with E-state index in [0.29, 0.717) is 30.0 Å². The summed E-state index contributed by atoms with van der Waals surface area (Å²) < 4.78 is 84.5. The van der Waals surface area contributed by atoms with Crippen LogP contribution < -0.4 is 0 Å². The first-order valence-electron chi connectivity index (χ1n) is 14.2. The van der Waals surface area contributed by atoms with E-state index in [4.69, 9.17) is 11.6 Å². The molecule has 2 fully saturated rings. The van der Waals surface area contributed by atoms with Crippen LogP contribution in [-0.2, 0) is 11.8 Å². The number of halogens is 7. The van der Waals surface area contributed by atoms with Gasteiger partial charge in [0, 0.05) is 0 Å². The Morgan fingerprint density at radius 1 is 0.744 bits per heavy atom. The molecule has 7 heteroatoms. The maximum atomic E-state index is 14.9. The maximum absolute atomic E-state index is 14.9. The van der Waals surface area contributed by atoms with Gasteiger partial charge in [-0.25, -0.2) is 17.6 Å². The van der Waals surface area contributed by atoms with Gasteiger partial charge in [-0.3, -0.25) is 0 Å². The molecular formula is C32H37ClF6. The van der Waals surface area contributed by atoms with Crippen molar-refractivity contribution in [3.05, 3.63) is 70.8 Å². The van der Waals surface area contributed by atoms with Gasteiger partial charge in [-0.1, -0.05) is 37.8 Å². The molecule has 0 radical (unpaired) electrons. The summed E-state index contributed by atoms with van der Waals surface area (Å²) in [4.78, 5) is 0. The molecule has 0 spiro atoms. The molecule has 0 N–H and O–H groups in total. The van der Waals surface area contributed by atoms with Crippen LogP contribution in [0.4, 0.5) is 26.3 Å². The molecule has 2 saturated carbocycles. The second-order valence-electron chi connectivity index (χ2n) is 11.5. The Kier molecular flexibility index (Phi) is 10.1. The fourth-order valence-electron chi connectivity index (χ4n) is 6.80. The van der Waals surface area contributed by atoms with E-state index in [1.807, 2.05) is 0 Å². The lowest BCUT2D eigenvalue weighted by Crippen LogP contribution is -2.26. The van der Waals surface area contributed by atoms with Crippen molar-refractivity contribution in [3.63, 3.8) is 0 Å². The summed E-state index contributed by atoms with van der Waals surface area (Å²) in [5.74, 6) is -2.30. The second-order valence-corrected chi connectivity index (χ2v) is 12.0. The van der Waals surface area contributed by atoms with Crippen LogP contribution in [0, 0.1) is 46.9 Å². The molecule has 2 aliphatic rings. The molecule has 0 atom stereocenters. The predicted octanol–water partition coefficient (Wildman–Crippen LogP) is 11.1. The van der Waals surface area contributed by atoms with Gasteiger partial charge in [-0.15, -0.1) is 0 Å². The van der Waals surface area contributed by atoms with Gasteiger partial charge in [0.05, 0.1) is 5.56 Å². The van der Waals surface area contributed by atoms with Crippen LogP contribution >= 0.6 is 11.6 Å². The van der Waals surface area contributed by atoms with E-state index in [2.05, 4.69) is 19.1 Å². The topological polar surface area (TPSA) is 0 Å². The smallest absolute Gasteiger partial charge is 0.206 e. The van der Waals surface area contributed by atoms with Crippen LogP contribution in [-0.4, -0.2) is 0 Å². The fourth-order valence-corrected chi connectivity index (χ4v) is 6.98. The molecule has 0 heterocycles. The Labute approximate surface area is 232 Å². The van der Waals surface area contributed by atoms with Gasteiger partial charge in [-0.05, 0) is 129 Å². The van der Waals surface area contributed by atoms with Gasteiger partial charge < -0.3 is 0 Å². The highest BCUT2D eigenvalue weighted by Gasteiger charge is 2.36. The number of hydrogen-bond acceptors (Lipinski definition) is 0. The summed E-state index contributed by atoms with van der Waals surface area (Å²) in [6.07, 6.45) is 18.3. The fraction of sp³-hybridized carbons (Fsp3) is 0.562. The monoisotopic (exact) mass is 570 g/mol. The number of allylic oxidation sites excluding steroid dienone is 2. The number of aryl methyl sites for hydroxylation is 1. The Morgan fingerprint density at radius 2 is 1.23 bits per heavy atom. The lowest BCUT2D eigenvalue weighted by atomic mass is 9.68. The van der Waals surface area contributed by atoms with E-state index < -0.39 is 45.3 Å². The third kappa shape index (κ3) is 7.62. The first-order chi connectivity index (χ1) is 18.6. The van der Waals surface area contributed by atoms with Crippen molar-refractivity contribution in [3.8, 4) is 11.1 Å². The average molecular weight is 571 g/mol. The van der Waals surface area contributed by atoms with Crippen molar-refractivity contribution in [2.75, 3.05) is 0 Å². The number of hydrogen-bond donors (Lipinski definition) is 0. The largest absolute Gasteiger partial charge is 0.353 e. The first kappa shape index (κ1) is 30.0. The van der Waals surface area contributed by atoms with Crippen LogP contribution in [0.25, 0.3) is 11.1 Å². The lowest BCUT2D eigenvalue weighted by Gasteiger charge is -2.38. The molecule has 4 rings (SSSR count). The van der Waals surface area contributed by atoms with Crippen molar-refractivity contribution in [2.24, 2.45) is 23.7 Å². The summed E-state index contributed by atoms with van der Waals surface area (Å²) in [5.41, 5.74) is -2.33. The van der Waals surface area contributed by atoms with Crippen LogP contribution in [0.1, 0.15) is 88.7 Å². The van der Waals surface area contributed by atoms with Gasteiger partial charge in [0.25, 0.3) is 0 Å². The van der Waals surface area contributed by atoms with E-state index in [0.717, 1.165) is 37.0 Å². The third-order valence-corrected chi connectivity index (χ3v) is 9.17. The standard InChI is InChI=1S/C32H37ClF6/c1-2-3-4-5-20-8-12-23(13-9-20)24-14-10-21(11-15-24)6-7-22-16-26(34)30(27(35)17-22)25-18-28(36)31(29(37)19-25)32(33,38)39/h2-3,16-21,23-24H,4-15H2,1H3/b3-2+. The summed E-state index contributed by atoms with van der Waals surface area (Å²) in [6, 6.07) is 3.28. The Bertz CT molecular complexity index is 1090. The molecule has 2 aliphatic carbocycles. The maximum Gasteiger partial charge on any atom is 0.353 e. The second kappa shape index (κ2) is 13.1. The Morgan fingerprint density at radius 3 is 1.69 bits per heavy atom. The first-order valence-corrected chi connectivity index (χ1v) is 14.6. The van der Waals surface area contributed by atoms with E-state index in [-0.39, 0.29) is 0 Å². The molecule has 39 heavy (non-hydrogen) atoms. The zero-order chi connectivity index (χ0) is 28.2. The average Bonchev–Trinajstić information content (AvgIpc) is 2.87. The van der Waals surface area contributed by atoms with Gasteiger partial charge in [0.15, 0.2) is 0 Å².